The van der Waals surface area contributed by atoms with Crippen LogP contribution >= 0.6 is 11.6 Å². The van der Waals surface area contributed by atoms with Gasteiger partial charge < -0.3 is 11.1 Å². The number of nitrogens with two attached hydrogens (primary N) is 1. The van der Waals surface area contributed by atoms with Crippen LogP contribution in [0.3, 0.4) is 0 Å². The Kier molecular flexibility index (Phi) is 5.58. The Morgan fingerprint density at radius 3 is 2.52 bits per heavy atom. The number of amides is 2. The molecule has 1 unspecified atom stereocenters. The van der Waals surface area contributed by atoms with Crippen LogP contribution in [0.4, 0.5) is 0 Å². The van der Waals surface area contributed by atoms with Crippen LogP contribution in [-0.2, 0) is 16.0 Å². The van der Waals surface area contributed by atoms with Gasteiger partial charge in [0.1, 0.15) is 6.04 Å². The molecule has 134 valence electrons. The molecule has 2 amide bonds. The molecule has 1 aromatic carbocycles. The monoisotopic (exact) mass is 362 g/mol. The quantitative estimate of drug-likeness (QED) is 0.742. The van der Waals surface area contributed by atoms with Crippen molar-refractivity contribution < 1.29 is 9.59 Å². The average molecular weight is 363 g/mol. The van der Waals surface area contributed by atoms with Gasteiger partial charge in [0.25, 0.3) is 0 Å². The van der Waals surface area contributed by atoms with E-state index >= 15 is 0 Å². The van der Waals surface area contributed by atoms with E-state index in [4.69, 9.17) is 17.3 Å². The van der Waals surface area contributed by atoms with E-state index in [1.54, 1.807) is 0 Å². The zero-order chi connectivity index (χ0) is 17.8. The van der Waals surface area contributed by atoms with Crippen LogP contribution in [-0.4, -0.2) is 30.4 Å². The van der Waals surface area contributed by atoms with Crippen molar-refractivity contribution in [1.82, 2.24) is 10.6 Å². The molecule has 7 heteroatoms. The number of carbonyl (C=O) groups excluding carboxylic acids is 2. The largest absolute Gasteiger partial charge is 0.369 e. The molecular weight excluding hydrogens is 340 g/mol. The van der Waals surface area contributed by atoms with Gasteiger partial charge in [0.2, 0.25) is 11.8 Å². The topological polar surface area (TPSA) is 96.6 Å². The van der Waals surface area contributed by atoms with Gasteiger partial charge in [-0.05, 0) is 49.3 Å². The maximum atomic E-state index is 12.1. The summed E-state index contributed by atoms with van der Waals surface area (Å²) >= 11 is 5.88. The molecule has 3 rings (SSSR count). The maximum Gasteiger partial charge on any atom is 0.249 e. The number of nitrogens with zero attached hydrogens (tertiary/aromatic N) is 1. The molecule has 6 nitrogen and oxygen atoms in total. The number of hydrogen-bond donors (Lipinski definition) is 3. The molecule has 25 heavy (non-hydrogen) atoms. The molecule has 1 aliphatic carbocycles. The van der Waals surface area contributed by atoms with E-state index in [-0.39, 0.29) is 23.8 Å². The number of halogens is 1. The fraction of sp³-hybridized carbons (Fsp3) is 0.500. The highest BCUT2D eigenvalue weighted by Crippen LogP contribution is 2.28. The number of carbonyl (C=O) groups is 2. The Balaban J connectivity index is 1.49. The Hall–Kier alpha value is -2.08. The Morgan fingerprint density at radius 1 is 1.20 bits per heavy atom. The lowest BCUT2D eigenvalue weighted by Crippen LogP contribution is -2.32. The molecule has 1 aromatic rings. The summed E-state index contributed by atoms with van der Waals surface area (Å²) < 4.78 is 0. The highest BCUT2D eigenvalue weighted by Gasteiger charge is 2.29. The number of hydrogen-bond acceptors (Lipinski definition) is 3. The number of guanidine groups is 1. The van der Waals surface area contributed by atoms with Crippen LogP contribution in [0, 0.1) is 11.8 Å². The maximum absolute atomic E-state index is 12.1. The smallest absolute Gasteiger partial charge is 0.249 e. The molecule has 0 bridgehead atoms. The van der Waals surface area contributed by atoms with E-state index < -0.39 is 0 Å². The van der Waals surface area contributed by atoms with Gasteiger partial charge >= 0.3 is 0 Å². The molecule has 0 aromatic heterocycles. The summed E-state index contributed by atoms with van der Waals surface area (Å²) in [5, 5.41) is 6.64. The summed E-state index contributed by atoms with van der Waals surface area (Å²) in [6, 6.07) is 7.17. The van der Waals surface area contributed by atoms with Crippen molar-refractivity contribution >= 4 is 29.4 Å². The van der Waals surface area contributed by atoms with Crippen molar-refractivity contribution in [2.45, 2.75) is 38.1 Å². The Bertz CT molecular complexity index is 666. The van der Waals surface area contributed by atoms with Gasteiger partial charge in [0.05, 0.1) is 0 Å². The number of rotatable bonds is 5. The SMILES string of the molecule is NC(=O)C1CCC(CN=C2NC(=O)C(Cc3ccc(Cl)cc3)N2)CC1. The van der Waals surface area contributed by atoms with Crippen molar-refractivity contribution in [3.63, 3.8) is 0 Å². The predicted octanol–water partition coefficient (Wildman–Crippen LogP) is 1.62. The lowest BCUT2D eigenvalue weighted by atomic mass is 9.82. The second-order valence-electron chi connectivity index (χ2n) is 6.83. The van der Waals surface area contributed by atoms with Crippen LogP contribution in [0.15, 0.2) is 29.3 Å². The summed E-state index contributed by atoms with van der Waals surface area (Å²) in [7, 11) is 0. The molecule has 0 spiro atoms. The van der Waals surface area contributed by atoms with Crippen molar-refractivity contribution in [3.05, 3.63) is 34.9 Å². The minimum absolute atomic E-state index is 0.0111. The minimum atomic E-state index is -0.314. The lowest BCUT2D eigenvalue weighted by molar-refractivity contribution is -0.123. The standard InChI is InChI=1S/C18H23ClN4O2/c19-14-7-3-11(4-8-14)9-15-17(25)23-18(22-15)21-10-12-1-5-13(6-2-12)16(20)24/h3-4,7-8,12-13,15H,1-2,5-6,9-10H2,(H2,20,24)(H2,21,22,23,25). The van der Waals surface area contributed by atoms with Gasteiger partial charge in [0, 0.05) is 23.9 Å². The zero-order valence-electron chi connectivity index (χ0n) is 14.0. The lowest BCUT2D eigenvalue weighted by Gasteiger charge is -2.25. The first-order chi connectivity index (χ1) is 12.0. The molecular formula is C18H23ClN4O2. The van der Waals surface area contributed by atoms with Crippen LogP contribution in [0.1, 0.15) is 31.2 Å². The van der Waals surface area contributed by atoms with Crippen molar-refractivity contribution in [2.75, 3.05) is 6.54 Å². The first kappa shape index (κ1) is 17.7. The first-order valence-corrected chi connectivity index (χ1v) is 9.04. The first-order valence-electron chi connectivity index (χ1n) is 8.67. The summed E-state index contributed by atoms with van der Waals surface area (Å²) in [5.41, 5.74) is 6.40. The van der Waals surface area contributed by atoms with Crippen LogP contribution in [0.25, 0.3) is 0 Å². The van der Waals surface area contributed by atoms with E-state index in [1.165, 1.54) is 0 Å². The molecule has 2 aliphatic rings. The third-order valence-electron chi connectivity index (χ3n) is 4.98. The second kappa shape index (κ2) is 7.87. The van der Waals surface area contributed by atoms with Gasteiger partial charge in [-0.15, -0.1) is 0 Å². The molecule has 1 aliphatic heterocycles. The van der Waals surface area contributed by atoms with Crippen molar-refractivity contribution in [1.29, 1.82) is 0 Å². The highest BCUT2D eigenvalue weighted by atomic mass is 35.5. The third kappa shape index (κ3) is 4.72. The molecule has 2 fully saturated rings. The minimum Gasteiger partial charge on any atom is -0.369 e. The summed E-state index contributed by atoms with van der Waals surface area (Å²) in [6.45, 7) is 0.655. The molecule has 0 radical (unpaired) electrons. The van der Waals surface area contributed by atoms with Crippen molar-refractivity contribution in [2.24, 2.45) is 22.6 Å². The van der Waals surface area contributed by atoms with E-state index in [2.05, 4.69) is 15.6 Å². The molecule has 1 saturated carbocycles. The van der Waals surface area contributed by atoms with Crippen LogP contribution in [0.5, 0.6) is 0 Å². The predicted molar refractivity (Wildman–Crippen MR) is 97.2 cm³/mol. The van der Waals surface area contributed by atoms with Crippen LogP contribution in [0.2, 0.25) is 5.02 Å². The number of nitrogens with one attached hydrogen (secondary N) is 2. The summed E-state index contributed by atoms with van der Waals surface area (Å²) in [6.07, 6.45) is 4.17. The average Bonchev–Trinajstić information content (AvgIpc) is 2.95. The highest BCUT2D eigenvalue weighted by molar-refractivity contribution is 6.30. The number of primary amides is 1. The van der Waals surface area contributed by atoms with E-state index in [1.807, 2.05) is 24.3 Å². The van der Waals surface area contributed by atoms with Gasteiger partial charge in [-0.3, -0.25) is 19.9 Å². The fourth-order valence-electron chi connectivity index (χ4n) is 3.41. The Morgan fingerprint density at radius 2 is 1.88 bits per heavy atom. The van der Waals surface area contributed by atoms with Crippen molar-refractivity contribution in [3.8, 4) is 0 Å². The summed E-state index contributed by atoms with van der Waals surface area (Å²) in [5.74, 6) is 0.737. The summed E-state index contributed by atoms with van der Waals surface area (Å²) in [4.78, 5) is 27.8. The molecule has 1 heterocycles. The van der Waals surface area contributed by atoms with E-state index in [9.17, 15) is 9.59 Å². The number of aliphatic imine (C=N–C) groups is 1. The molecule has 1 saturated heterocycles. The zero-order valence-corrected chi connectivity index (χ0v) is 14.8. The normalized spacial score (nSPS) is 27.8. The van der Waals surface area contributed by atoms with Crippen LogP contribution < -0.4 is 16.4 Å². The fourth-order valence-corrected chi connectivity index (χ4v) is 3.53. The van der Waals surface area contributed by atoms with E-state index in [0.717, 1.165) is 31.2 Å². The van der Waals surface area contributed by atoms with Gasteiger partial charge in [-0.1, -0.05) is 23.7 Å². The van der Waals surface area contributed by atoms with E-state index in [0.29, 0.717) is 29.9 Å². The van der Waals surface area contributed by atoms with Gasteiger partial charge in [0.15, 0.2) is 5.96 Å². The third-order valence-corrected chi connectivity index (χ3v) is 5.23. The van der Waals surface area contributed by atoms with Gasteiger partial charge in [-0.25, -0.2) is 0 Å². The molecule has 4 N–H and O–H groups in total. The number of benzene rings is 1. The molecule has 1 atom stereocenters. The Labute approximate surface area is 152 Å². The van der Waals surface area contributed by atoms with Gasteiger partial charge in [-0.2, -0.15) is 0 Å². The second-order valence-corrected chi connectivity index (χ2v) is 7.26.